The molecule has 0 saturated heterocycles. The number of carbonyl (C=O) groups is 1. The quantitative estimate of drug-likeness (QED) is 0.445. The summed E-state index contributed by atoms with van der Waals surface area (Å²) in [7, 11) is -3.92. The Balaban J connectivity index is 1.62. The number of nitrogens with zero attached hydrogens (tertiary/aromatic N) is 2. The molecule has 2 heterocycles. The Labute approximate surface area is 178 Å². The lowest BCUT2D eigenvalue weighted by Gasteiger charge is -2.10. The monoisotopic (exact) mass is 431 g/mol. The molecule has 2 aromatic carbocycles. The van der Waals surface area contributed by atoms with E-state index >= 15 is 0 Å². The molecule has 9 heteroatoms. The topological polar surface area (TPSA) is 142 Å². The molecular weight excluding hydrogens is 414 g/mol. The van der Waals surface area contributed by atoms with Crippen molar-refractivity contribution in [2.24, 2.45) is 5.14 Å². The lowest BCUT2D eigenvalue weighted by atomic mass is 10.1. The van der Waals surface area contributed by atoms with Crippen LogP contribution in [-0.4, -0.2) is 24.3 Å². The van der Waals surface area contributed by atoms with Crippen LogP contribution >= 0.6 is 0 Å². The van der Waals surface area contributed by atoms with E-state index in [1.54, 1.807) is 30.3 Å². The summed E-state index contributed by atoms with van der Waals surface area (Å²) in [6.07, 6.45) is 1.45. The number of aromatic amines is 1. The second kappa shape index (κ2) is 8.02. The Kier molecular flexibility index (Phi) is 5.25. The van der Waals surface area contributed by atoms with Gasteiger partial charge in [0.05, 0.1) is 11.3 Å². The van der Waals surface area contributed by atoms with E-state index in [9.17, 15) is 18.5 Å². The Morgan fingerprint density at radius 2 is 1.87 bits per heavy atom. The number of para-hydroxylation sites is 1. The van der Waals surface area contributed by atoms with Gasteiger partial charge in [-0.25, -0.2) is 18.5 Å². The van der Waals surface area contributed by atoms with E-state index in [1.165, 1.54) is 12.3 Å². The average Bonchev–Trinajstić information content (AvgIpc) is 3.11. The van der Waals surface area contributed by atoms with Gasteiger partial charge in [0.15, 0.2) is 0 Å². The van der Waals surface area contributed by atoms with Crippen molar-refractivity contribution in [1.82, 2.24) is 9.97 Å². The molecule has 154 valence electrons. The summed E-state index contributed by atoms with van der Waals surface area (Å²) in [5, 5.41) is 18.2. The molecule has 8 nitrogen and oxygen atoms in total. The number of carbonyl (C=O) groups excluding carboxylic acids is 1. The van der Waals surface area contributed by atoms with Gasteiger partial charge in [0, 0.05) is 28.2 Å². The van der Waals surface area contributed by atoms with Crippen LogP contribution in [0.1, 0.15) is 11.3 Å². The molecule has 0 radical (unpaired) electrons. The summed E-state index contributed by atoms with van der Waals surface area (Å²) >= 11 is 0. The van der Waals surface area contributed by atoms with Crippen LogP contribution in [0.3, 0.4) is 0 Å². The second-order valence-corrected chi connectivity index (χ2v) is 8.36. The molecule has 0 unspecified atom stereocenters. The molecule has 4 N–H and O–H groups in total. The molecule has 0 bridgehead atoms. The van der Waals surface area contributed by atoms with E-state index in [0.717, 1.165) is 10.9 Å². The van der Waals surface area contributed by atoms with Crippen molar-refractivity contribution in [3.05, 3.63) is 78.1 Å². The van der Waals surface area contributed by atoms with Gasteiger partial charge in [-0.3, -0.25) is 4.79 Å². The summed E-state index contributed by atoms with van der Waals surface area (Å²) in [6.45, 7) is 0. The number of hydrogen-bond donors (Lipinski definition) is 3. The summed E-state index contributed by atoms with van der Waals surface area (Å²) in [5.41, 5.74) is 2.67. The number of sulfonamides is 1. The van der Waals surface area contributed by atoms with Crippen molar-refractivity contribution in [1.29, 1.82) is 5.26 Å². The van der Waals surface area contributed by atoms with Crippen molar-refractivity contribution in [2.75, 3.05) is 5.32 Å². The van der Waals surface area contributed by atoms with Crippen molar-refractivity contribution >= 4 is 32.7 Å². The van der Waals surface area contributed by atoms with Gasteiger partial charge in [0.25, 0.3) is 0 Å². The highest BCUT2D eigenvalue weighted by molar-refractivity contribution is 7.89. The van der Waals surface area contributed by atoms with Gasteiger partial charge in [-0.1, -0.05) is 36.4 Å². The SMILES string of the molecule is N#Cc1[nH]c2ccccc2c1CC(=O)Nc1cc(-c2ccccc2S(N)(=O)=O)ccn1. The average molecular weight is 431 g/mol. The Bertz CT molecular complexity index is 1450. The predicted molar refractivity (Wildman–Crippen MR) is 116 cm³/mol. The zero-order valence-electron chi connectivity index (χ0n) is 16.2. The number of rotatable bonds is 5. The van der Waals surface area contributed by atoms with Crippen LogP contribution in [0.15, 0.2) is 71.8 Å². The normalized spacial score (nSPS) is 11.2. The molecule has 4 aromatic rings. The van der Waals surface area contributed by atoms with Gasteiger partial charge < -0.3 is 10.3 Å². The van der Waals surface area contributed by atoms with Crippen LogP contribution in [0.25, 0.3) is 22.0 Å². The molecule has 1 amide bonds. The third-order valence-electron chi connectivity index (χ3n) is 4.79. The maximum Gasteiger partial charge on any atom is 0.238 e. The maximum absolute atomic E-state index is 12.7. The molecule has 2 aromatic heterocycles. The number of hydrogen-bond acceptors (Lipinski definition) is 5. The number of primary sulfonamides is 1. The fourth-order valence-corrected chi connectivity index (χ4v) is 4.21. The molecule has 0 aliphatic heterocycles. The number of amides is 1. The molecular formula is C22H17N5O3S. The van der Waals surface area contributed by atoms with E-state index in [1.807, 2.05) is 24.3 Å². The predicted octanol–water partition coefficient (Wildman–Crippen LogP) is 2.93. The number of nitrogens with one attached hydrogen (secondary N) is 2. The standard InChI is InChI=1S/C22H17N5O3S/c23-13-19-17(16-6-1-3-7-18(16)26-19)12-22(28)27-21-11-14(9-10-25-21)15-5-2-4-8-20(15)31(24,29)30/h1-11,26H,12H2,(H2,24,29,30)(H,25,27,28). The maximum atomic E-state index is 12.7. The summed E-state index contributed by atoms with van der Waals surface area (Å²) in [4.78, 5) is 19.8. The van der Waals surface area contributed by atoms with Gasteiger partial charge in [-0.05, 0) is 29.8 Å². The van der Waals surface area contributed by atoms with Crippen molar-refractivity contribution in [3.8, 4) is 17.2 Å². The van der Waals surface area contributed by atoms with E-state index < -0.39 is 10.0 Å². The minimum Gasteiger partial charge on any atom is -0.346 e. The van der Waals surface area contributed by atoms with Gasteiger partial charge in [-0.2, -0.15) is 5.26 Å². The number of H-pyrrole nitrogens is 1. The van der Waals surface area contributed by atoms with Crippen molar-refractivity contribution < 1.29 is 13.2 Å². The van der Waals surface area contributed by atoms with Gasteiger partial charge in [0.2, 0.25) is 15.9 Å². The highest BCUT2D eigenvalue weighted by Crippen LogP contribution is 2.28. The number of nitrogens with two attached hydrogens (primary N) is 1. The first-order chi connectivity index (χ1) is 14.9. The third-order valence-corrected chi connectivity index (χ3v) is 5.76. The highest BCUT2D eigenvalue weighted by atomic mass is 32.2. The van der Waals surface area contributed by atoms with Gasteiger partial charge in [-0.15, -0.1) is 0 Å². The van der Waals surface area contributed by atoms with Crippen LogP contribution in [0.5, 0.6) is 0 Å². The zero-order chi connectivity index (χ0) is 22.0. The van der Waals surface area contributed by atoms with Crippen molar-refractivity contribution in [2.45, 2.75) is 11.3 Å². The molecule has 0 aliphatic rings. The Morgan fingerprint density at radius 3 is 2.65 bits per heavy atom. The summed E-state index contributed by atoms with van der Waals surface area (Å²) in [6, 6.07) is 19.0. The molecule has 0 spiro atoms. The highest BCUT2D eigenvalue weighted by Gasteiger charge is 2.17. The van der Waals surface area contributed by atoms with Crippen LogP contribution in [0.4, 0.5) is 5.82 Å². The number of aromatic nitrogens is 2. The lowest BCUT2D eigenvalue weighted by Crippen LogP contribution is -2.16. The lowest BCUT2D eigenvalue weighted by molar-refractivity contribution is -0.115. The number of nitriles is 1. The minimum atomic E-state index is -3.92. The number of fused-ring (bicyclic) bond motifs is 1. The first-order valence-electron chi connectivity index (χ1n) is 9.24. The molecule has 0 aliphatic carbocycles. The fraction of sp³-hybridized carbons (Fsp3) is 0.0455. The number of benzene rings is 2. The van der Waals surface area contributed by atoms with E-state index in [4.69, 9.17) is 5.14 Å². The van der Waals surface area contributed by atoms with E-state index in [0.29, 0.717) is 22.4 Å². The van der Waals surface area contributed by atoms with Crippen LogP contribution in [0, 0.1) is 11.3 Å². The van der Waals surface area contributed by atoms with Gasteiger partial charge in [0.1, 0.15) is 17.6 Å². The molecule has 31 heavy (non-hydrogen) atoms. The smallest absolute Gasteiger partial charge is 0.238 e. The van der Waals surface area contributed by atoms with Crippen LogP contribution < -0.4 is 10.5 Å². The zero-order valence-corrected chi connectivity index (χ0v) is 17.0. The van der Waals surface area contributed by atoms with Crippen molar-refractivity contribution in [3.63, 3.8) is 0 Å². The van der Waals surface area contributed by atoms with Crippen LogP contribution in [0.2, 0.25) is 0 Å². The molecule has 0 saturated carbocycles. The van der Waals surface area contributed by atoms with Crippen LogP contribution in [-0.2, 0) is 21.2 Å². The Morgan fingerprint density at radius 1 is 1.13 bits per heavy atom. The van der Waals surface area contributed by atoms with Gasteiger partial charge >= 0.3 is 0 Å². The molecule has 0 atom stereocenters. The fourth-order valence-electron chi connectivity index (χ4n) is 3.45. The molecule has 0 fully saturated rings. The third kappa shape index (κ3) is 4.16. The first kappa shape index (κ1) is 20.3. The van der Waals surface area contributed by atoms with E-state index in [-0.39, 0.29) is 23.0 Å². The number of pyridine rings is 1. The largest absolute Gasteiger partial charge is 0.346 e. The second-order valence-electron chi connectivity index (χ2n) is 6.83. The summed E-state index contributed by atoms with van der Waals surface area (Å²) < 4.78 is 23.8. The van der Waals surface area contributed by atoms with E-state index in [2.05, 4.69) is 21.4 Å². The first-order valence-corrected chi connectivity index (χ1v) is 10.8. The summed E-state index contributed by atoms with van der Waals surface area (Å²) in [5.74, 6) is -0.101. The minimum absolute atomic E-state index is 0.0177. The number of anilines is 1. The molecule has 4 rings (SSSR count). The Hall–Kier alpha value is -4.00.